The van der Waals surface area contributed by atoms with Crippen molar-refractivity contribution >= 4 is 58.0 Å². The molecule has 0 spiro atoms. The van der Waals surface area contributed by atoms with Gasteiger partial charge in [0.25, 0.3) is 11.8 Å². The number of carbonyl (C=O) groups excluding carboxylic acids is 3. The quantitative estimate of drug-likeness (QED) is 0.310. The molecule has 3 amide bonds. The lowest BCUT2D eigenvalue weighted by Gasteiger charge is -2.37. The highest BCUT2D eigenvalue weighted by molar-refractivity contribution is 6.35. The maximum Gasteiger partial charge on any atom is 0.255 e. The number of nitrogens with zero attached hydrogens (tertiary/aromatic N) is 3. The Bertz CT molecular complexity index is 1520. The van der Waals surface area contributed by atoms with Crippen LogP contribution >= 0.6 is 23.2 Å². The van der Waals surface area contributed by atoms with Gasteiger partial charge in [0.15, 0.2) is 0 Å². The number of hydrogen-bond acceptors (Lipinski definition) is 6. The van der Waals surface area contributed by atoms with Gasteiger partial charge in [-0.3, -0.25) is 19.3 Å². The van der Waals surface area contributed by atoms with Crippen molar-refractivity contribution in [3.05, 3.63) is 86.9 Å². The third-order valence-corrected chi connectivity index (χ3v) is 8.36. The van der Waals surface area contributed by atoms with E-state index in [9.17, 15) is 14.4 Å². The summed E-state index contributed by atoms with van der Waals surface area (Å²) in [6, 6.07) is 15.9. The second-order valence-corrected chi connectivity index (χ2v) is 12.0. The van der Waals surface area contributed by atoms with E-state index in [0.717, 1.165) is 61.8 Å². The summed E-state index contributed by atoms with van der Waals surface area (Å²) in [5.41, 5.74) is 4.73. The van der Waals surface area contributed by atoms with Gasteiger partial charge < -0.3 is 25.8 Å². The molecule has 0 atom stereocenters. The number of halogens is 2. The average Bonchev–Trinajstić information content (AvgIpc) is 3.36. The van der Waals surface area contributed by atoms with Crippen molar-refractivity contribution < 1.29 is 14.4 Å². The van der Waals surface area contributed by atoms with Crippen LogP contribution in [0, 0.1) is 0 Å². The molecule has 9 nitrogen and oxygen atoms in total. The largest absolute Gasteiger partial charge is 0.367 e. The van der Waals surface area contributed by atoms with E-state index in [-0.39, 0.29) is 24.1 Å². The molecule has 0 radical (unpaired) electrons. The number of anilines is 3. The molecule has 43 heavy (non-hydrogen) atoms. The molecule has 0 saturated carbocycles. The molecule has 0 aromatic heterocycles. The van der Waals surface area contributed by atoms with Gasteiger partial charge >= 0.3 is 0 Å². The Kier molecular flexibility index (Phi) is 9.87. The summed E-state index contributed by atoms with van der Waals surface area (Å²) < 4.78 is 0. The fourth-order valence-electron chi connectivity index (χ4n) is 5.31. The van der Waals surface area contributed by atoms with Gasteiger partial charge in [-0.2, -0.15) is 0 Å². The van der Waals surface area contributed by atoms with E-state index in [1.165, 1.54) is 0 Å². The molecule has 0 unspecified atom stereocenters. The molecule has 1 saturated heterocycles. The monoisotopic (exact) mass is 622 g/mol. The lowest BCUT2D eigenvalue weighted by atomic mass is 10.1. The Morgan fingerprint density at radius 1 is 0.930 bits per heavy atom. The van der Waals surface area contributed by atoms with Crippen molar-refractivity contribution in [1.82, 2.24) is 15.1 Å². The van der Waals surface area contributed by atoms with Gasteiger partial charge in [0.1, 0.15) is 0 Å². The fraction of sp³-hybridized carbons (Fsp3) is 0.344. The smallest absolute Gasteiger partial charge is 0.255 e. The first-order chi connectivity index (χ1) is 20.7. The molecular formula is C32H36Cl2N6O3. The first kappa shape index (κ1) is 30.8. The van der Waals surface area contributed by atoms with Crippen molar-refractivity contribution in [2.24, 2.45) is 0 Å². The van der Waals surface area contributed by atoms with Gasteiger partial charge in [-0.25, -0.2) is 0 Å². The molecule has 2 heterocycles. The van der Waals surface area contributed by atoms with Crippen molar-refractivity contribution in [2.75, 3.05) is 75.4 Å². The molecule has 3 aromatic rings. The lowest BCUT2D eigenvalue weighted by molar-refractivity contribution is -0.115. The topological polar surface area (TPSA) is 97.0 Å². The summed E-state index contributed by atoms with van der Waals surface area (Å²) >= 11 is 12.3. The third-order valence-electron chi connectivity index (χ3n) is 7.77. The summed E-state index contributed by atoms with van der Waals surface area (Å²) in [7, 11) is 4.15. The fourth-order valence-corrected chi connectivity index (χ4v) is 5.81. The molecule has 3 N–H and O–H groups in total. The van der Waals surface area contributed by atoms with Crippen molar-refractivity contribution in [3.63, 3.8) is 0 Å². The Morgan fingerprint density at radius 3 is 2.42 bits per heavy atom. The summed E-state index contributed by atoms with van der Waals surface area (Å²) in [6.45, 7) is 5.80. The highest BCUT2D eigenvalue weighted by Gasteiger charge is 2.23. The summed E-state index contributed by atoms with van der Waals surface area (Å²) in [4.78, 5) is 45.2. The molecule has 0 aliphatic carbocycles. The highest BCUT2D eigenvalue weighted by atomic mass is 35.5. The minimum atomic E-state index is -0.303. The van der Waals surface area contributed by atoms with E-state index in [1.807, 2.05) is 12.1 Å². The number of amides is 3. The van der Waals surface area contributed by atoms with E-state index >= 15 is 0 Å². The standard InChI is InChI=1S/C32H36Cl2N6O3/c1-38(2)11-12-39-13-15-40(16-14-39)29-8-5-23(31(42)35-10-9-21-3-6-25(33)20-26(21)34)18-28(29)37-32(43)22-4-7-27-24(17-22)19-30(41)36-27/h3-8,17-18,20H,9-16,19H2,1-2H3,(H,35,42)(H,36,41)(H,37,43). The zero-order valence-corrected chi connectivity index (χ0v) is 25.9. The van der Waals surface area contributed by atoms with E-state index < -0.39 is 0 Å². The molecular weight excluding hydrogens is 587 g/mol. The minimum Gasteiger partial charge on any atom is -0.367 e. The first-order valence-electron chi connectivity index (χ1n) is 14.4. The summed E-state index contributed by atoms with van der Waals surface area (Å²) in [5.74, 6) is -0.637. The number of piperazine rings is 1. The van der Waals surface area contributed by atoms with Crippen molar-refractivity contribution in [2.45, 2.75) is 12.8 Å². The van der Waals surface area contributed by atoms with Crippen LogP contribution in [0.1, 0.15) is 31.8 Å². The normalized spacial score (nSPS) is 14.9. The number of likely N-dealkylation sites (N-methyl/N-ethyl adjacent to an activating group) is 1. The Labute approximate surface area is 262 Å². The molecule has 2 aliphatic rings. The number of nitrogens with one attached hydrogen (secondary N) is 3. The molecule has 2 aliphatic heterocycles. The predicted octanol–water partition coefficient (Wildman–Crippen LogP) is 4.40. The molecule has 11 heteroatoms. The Hall–Kier alpha value is -3.63. The van der Waals surface area contributed by atoms with E-state index in [4.69, 9.17) is 23.2 Å². The van der Waals surface area contributed by atoms with Crippen LogP contribution in [-0.2, 0) is 17.6 Å². The lowest BCUT2D eigenvalue weighted by Crippen LogP contribution is -2.48. The minimum absolute atomic E-state index is 0.0865. The van der Waals surface area contributed by atoms with Gasteiger partial charge in [0.05, 0.1) is 17.8 Å². The van der Waals surface area contributed by atoms with Gasteiger partial charge in [-0.05, 0) is 80.2 Å². The van der Waals surface area contributed by atoms with Crippen LogP contribution in [0.25, 0.3) is 0 Å². The van der Waals surface area contributed by atoms with E-state index in [1.54, 1.807) is 42.5 Å². The maximum absolute atomic E-state index is 13.4. The summed E-state index contributed by atoms with van der Waals surface area (Å²) in [6.07, 6.45) is 0.800. The van der Waals surface area contributed by atoms with Crippen LogP contribution in [0.5, 0.6) is 0 Å². The van der Waals surface area contributed by atoms with Gasteiger partial charge in [-0.1, -0.05) is 29.3 Å². The second kappa shape index (κ2) is 13.8. The predicted molar refractivity (Wildman–Crippen MR) is 173 cm³/mol. The first-order valence-corrected chi connectivity index (χ1v) is 15.1. The Morgan fingerprint density at radius 2 is 1.67 bits per heavy atom. The second-order valence-electron chi connectivity index (χ2n) is 11.2. The highest BCUT2D eigenvalue weighted by Crippen LogP contribution is 2.30. The molecule has 226 valence electrons. The van der Waals surface area contributed by atoms with Crippen LogP contribution in [-0.4, -0.2) is 87.4 Å². The van der Waals surface area contributed by atoms with Gasteiger partial charge in [0.2, 0.25) is 5.91 Å². The molecule has 5 rings (SSSR count). The summed E-state index contributed by atoms with van der Waals surface area (Å²) in [5, 5.41) is 9.92. The molecule has 3 aromatic carbocycles. The van der Waals surface area contributed by atoms with Crippen LogP contribution < -0.4 is 20.9 Å². The van der Waals surface area contributed by atoms with Gasteiger partial charge in [0, 0.05) is 72.7 Å². The number of carbonyl (C=O) groups is 3. The number of fused-ring (bicyclic) bond motifs is 1. The average molecular weight is 624 g/mol. The van der Waals surface area contributed by atoms with E-state index in [2.05, 4.69) is 44.7 Å². The van der Waals surface area contributed by atoms with Crippen LogP contribution in [0.15, 0.2) is 54.6 Å². The number of benzene rings is 3. The van der Waals surface area contributed by atoms with Gasteiger partial charge in [-0.15, -0.1) is 0 Å². The molecule has 1 fully saturated rings. The van der Waals surface area contributed by atoms with Crippen LogP contribution in [0.4, 0.5) is 17.1 Å². The maximum atomic E-state index is 13.4. The zero-order valence-electron chi connectivity index (χ0n) is 24.4. The zero-order chi connectivity index (χ0) is 30.5. The van der Waals surface area contributed by atoms with Crippen molar-refractivity contribution in [3.8, 4) is 0 Å². The third kappa shape index (κ3) is 7.86. The van der Waals surface area contributed by atoms with Crippen LogP contribution in [0.2, 0.25) is 10.0 Å². The Balaban J connectivity index is 1.32. The number of rotatable bonds is 10. The number of hydrogen-bond donors (Lipinski definition) is 3. The molecule has 0 bridgehead atoms. The van der Waals surface area contributed by atoms with Crippen molar-refractivity contribution in [1.29, 1.82) is 0 Å². The SMILES string of the molecule is CN(C)CCN1CCN(c2ccc(C(=O)NCCc3ccc(Cl)cc3Cl)cc2NC(=O)c2ccc3c(c2)CC(=O)N3)CC1. The van der Waals surface area contributed by atoms with Crippen LogP contribution in [0.3, 0.4) is 0 Å². The van der Waals surface area contributed by atoms with E-state index in [0.29, 0.717) is 39.8 Å².